The first-order chi connectivity index (χ1) is 6.88. The van der Waals surface area contributed by atoms with Crippen LogP contribution in [-0.2, 0) is 4.74 Å². The molecule has 14 heavy (non-hydrogen) atoms. The standard InChI is InChI=1S/C13H18O/c1-3-4-6-11-13(14-2)12-9-7-5-8-10-12/h3,5,7-10,13H,1,4,6,11H2,2H3/t13-/m1/s1. The fourth-order valence-electron chi connectivity index (χ4n) is 1.54. The molecule has 1 atom stereocenters. The number of benzene rings is 1. The topological polar surface area (TPSA) is 9.23 Å². The summed E-state index contributed by atoms with van der Waals surface area (Å²) in [6, 6.07) is 10.4. The molecule has 1 heteroatoms. The van der Waals surface area contributed by atoms with Crippen molar-refractivity contribution in [3.63, 3.8) is 0 Å². The molecule has 0 radical (unpaired) electrons. The SMILES string of the molecule is C=CCCC[C@@H](OC)c1ccccc1. The molecular weight excluding hydrogens is 172 g/mol. The van der Waals surface area contributed by atoms with Crippen LogP contribution in [0.2, 0.25) is 0 Å². The Morgan fingerprint density at radius 1 is 1.36 bits per heavy atom. The van der Waals surface area contributed by atoms with Crippen LogP contribution in [0.15, 0.2) is 43.0 Å². The lowest BCUT2D eigenvalue weighted by molar-refractivity contribution is 0.0940. The molecule has 0 saturated heterocycles. The smallest absolute Gasteiger partial charge is 0.0821 e. The molecule has 0 unspecified atom stereocenters. The molecule has 0 spiro atoms. The van der Waals surface area contributed by atoms with Gasteiger partial charge in [-0.15, -0.1) is 6.58 Å². The van der Waals surface area contributed by atoms with Crippen LogP contribution in [-0.4, -0.2) is 7.11 Å². The number of methoxy groups -OCH3 is 1. The van der Waals surface area contributed by atoms with Crippen molar-refractivity contribution in [2.45, 2.75) is 25.4 Å². The summed E-state index contributed by atoms with van der Waals surface area (Å²) in [7, 11) is 1.77. The quantitative estimate of drug-likeness (QED) is 0.490. The van der Waals surface area contributed by atoms with Gasteiger partial charge in [0.25, 0.3) is 0 Å². The number of hydrogen-bond donors (Lipinski definition) is 0. The van der Waals surface area contributed by atoms with Crippen molar-refractivity contribution < 1.29 is 4.74 Å². The van der Waals surface area contributed by atoms with E-state index >= 15 is 0 Å². The van der Waals surface area contributed by atoms with Gasteiger partial charge in [-0.2, -0.15) is 0 Å². The number of ether oxygens (including phenoxy) is 1. The van der Waals surface area contributed by atoms with Crippen molar-refractivity contribution in [2.75, 3.05) is 7.11 Å². The van der Waals surface area contributed by atoms with Crippen LogP contribution in [0.3, 0.4) is 0 Å². The van der Waals surface area contributed by atoms with E-state index in [2.05, 4.69) is 30.8 Å². The minimum atomic E-state index is 0.233. The van der Waals surface area contributed by atoms with Gasteiger partial charge in [-0.05, 0) is 24.8 Å². The van der Waals surface area contributed by atoms with E-state index in [4.69, 9.17) is 4.74 Å². The van der Waals surface area contributed by atoms with Gasteiger partial charge >= 0.3 is 0 Å². The van der Waals surface area contributed by atoms with Gasteiger partial charge in [-0.1, -0.05) is 36.4 Å². The zero-order valence-corrected chi connectivity index (χ0v) is 8.78. The number of hydrogen-bond acceptors (Lipinski definition) is 1. The molecule has 0 fully saturated rings. The summed E-state index contributed by atoms with van der Waals surface area (Å²) in [4.78, 5) is 0. The average Bonchev–Trinajstić information content (AvgIpc) is 2.26. The average molecular weight is 190 g/mol. The molecule has 0 aliphatic heterocycles. The van der Waals surface area contributed by atoms with Gasteiger partial charge in [0.1, 0.15) is 0 Å². The maximum absolute atomic E-state index is 5.45. The number of allylic oxidation sites excluding steroid dienone is 1. The van der Waals surface area contributed by atoms with Crippen LogP contribution >= 0.6 is 0 Å². The van der Waals surface area contributed by atoms with Crippen molar-refractivity contribution in [3.8, 4) is 0 Å². The summed E-state index contributed by atoms with van der Waals surface area (Å²) in [6.45, 7) is 3.72. The fraction of sp³-hybridized carbons (Fsp3) is 0.385. The lowest BCUT2D eigenvalue weighted by Crippen LogP contribution is -2.00. The molecule has 0 amide bonds. The summed E-state index contributed by atoms with van der Waals surface area (Å²) in [5.41, 5.74) is 1.26. The van der Waals surface area contributed by atoms with E-state index in [1.54, 1.807) is 7.11 Å². The molecule has 76 valence electrons. The van der Waals surface area contributed by atoms with E-state index in [9.17, 15) is 0 Å². The van der Waals surface area contributed by atoms with E-state index in [1.165, 1.54) is 5.56 Å². The van der Waals surface area contributed by atoms with Gasteiger partial charge in [0.2, 0.25) is 0 Å². The normalized spacial score (nSPS) is 12.4. The molecule has 1 nitrogen and oxygen atoms in total. The van der Waals surface area contributed by atoms with E-state index in [0.717, 1.165) is 19.3 Å². The van der Waals surface area contributed by atoms with E-state index in [1.807, 2.05) is 12.1 Å². The van der Waals surface area contributed by atoms with Gasteiger partial charge in [0.05, 0.1) is 6.10 Å². The lowest BCUT2D eigenvalue weighted by atomic mass is 10.0. The molecule has 0 aliphatic rings. The molecule has 1 aromatic rings. The molecule has 0 bridgehead atoms. The Kier molecular flexibility index (Phi) is 5.02. The van der Waals surface area contributed by atoms with Crippen LogP contribution in [0, 0.1) is 0 Å². The first kappa shape index (κ1) is 11.0. The minimum Gasteiger partial charge on any atom is -0.377 e. The predicted octanol–water partition coefficient (Wildman–Crippen LogP) is 3.73. The molecule has 0 aliphatic carbocycles. The number of rotatable bonds is 6. The third-order valence-corrected chi connectivity index (χ3v) is 2.33. The van der Waals surface area contributed by atoms with Crippen LogP contribution in [0.4, 0.5) is 0 Å². The highest BCUT2D eigenvalue weighted by Crippen LogP contribution is 2.22. The first-order valence-corrected chi connectivity index (χ1v) is 5.07. The second kappa shape index (κ2) is 6.39. The Balaban J connectivity index is 2.50. The highest BCUT2D eigenvalue weighted by atomic mass is 16.5. The lowest BCUT2D eigenvalue weighted by Gasteiger charge is -2.14. The van der Waals surface area contributed by atoms with Gasteiger partial charge in [-0.25, -0.2) is 0 Å². The molecule has 1 aromatic carbocycles. The largest absolute Gasteiger partial charge is 0.377 e. The minimum absolute atomic E-state index is 0.233. The Morgan fingerprint density at radius 2 is 2.07 bits per heavy atom. The van der Waals surface area contributed by atoms with Gasteiger partial charge in [0, 0.05) is 7.11 Å². The second-order valence-electron chi connectivity index (χ2n) is 3.35. The van der Waals surface area contributed by atoms with Crippen LogP contribution in [0.5, 0.6) is 0 Å². The monoisotopic (exact) mass is 190 g/mol. The van der Waals surface area contributed by atoms with Crippen LogP contribution < -0.4 is 0 Å². The molecule has 0 saturated carbocycles. The summed E-state index contributed by atoms with van der Waals surface area (Å²) in [5.74, 6) is 0. The highest BCUT2D eigenvalue weighted by molar-refractivity contribution is 5.17. The Hall–Kier alpha value is -1.08. The zero-order chi connectivity index (χ0) is 10.2. The Morgan fingerprint density at radius 3 is 2.64 bits per heavy atom. The van der Waals surface area contributed by atoms with Crippen molar-refractivity contribution in [2.24, 2.45) is 0 Å². The van der Waals surface area contributed by atoms with Crippen molar-refractivity contribution in [1.29, 1.82) is 0 Å². The maximum atomic E-state index is 5.45. The molecule has 0 heterocycles. The summed E-state index contributed by atoms with van der Waals surface area (Å²) >= 11 is 0. The first-order valence-electron chi connectivity index (χ1n) is 5.07. The van der Waals surface area contributed by atoms with Gasteiger partial charge in [-0.3, -0.25) is 0 Å². The molecule has 1 rings (SSSR count). The van der Waals surface area contributed by atoms with E-state index in [0.29, 0.717) is 0 Å². The van der Waals surface area contributed by atoms with E-state index < -0.39 is 0 Å². The summed E-state index contributed by atoms with van der Waals surface area (Å²) in [5, 5.41) is 0. The van der Waals surface area contributed by atoms with Crippen LogP contribution in [0.1, 0.15) is 30.9 Å². The highest BCUT2D eigenvalue weighted by Gasteiger charge is 2.08. The third-order valence-electron chi connectivity index (χ3n) is 2.33. The summed E-state index contributed by atoms with van der Waals surface area (Å²) in [6.07, 6.45) is 5.45. The van der Waals surface area contributed by atoms with Crippen molar-refractivity contribution in [3.05, 3.63) is 48.6 Å². The van der Waals surface area contributed by atoms with E-state index in [-0.39, 0.29) is 6.10 Å². The third kappa shape index (κ3) is 3.35. The second-order valence-corrected chi connectivity index (χ2v) is 3.35. The fourth-order valence-corrected chi connectivity index (χ4v) is 1.54. The number of unbranched alkanes of at least 4 members (excludes halogenated alkanes) is 1. The molecule has 0 N–H and O–H groups in total. The molecular formula is C13H18O. The Labute approximate surface area is 86.4 Å². The maximum Gasteiger partial charge on any atom is 0.0821 e. The summed E-state index contributed by atoms with van der Waals surface area (Å²) < 4.78 is 5.45. The van der Waals surface area contributed by atoms with Gasteiger partial charge < -0.3 is 4.74 Å². The zero-order valence-electron chi connectivity index (χ0n) is 8.78. The van der Waals surface area contributed by atoms with Gasteiger partial charge in [0.15, 0.2) is 0 Å². The predicted molar refractivity (Wildman–Crippen MR) is 60.2 cm³/mol. The molecule has 0 aromatic heterocycles. The Bertz CT molecular complexity index is 253. The van der Waals surface area contributed by atoms with Crippen LogP contribution in [0.25, 0.3) is 0 Å². The van der Waals surface area contributed by atoms with Crippen molar-refractivity contribution in [1.82, 2.24) is 0 Å². The van der Waals surface area contributed by atoms with Crippen molar-refractivity contribution >= 4 is 0 Å².